The van der Waals surface area contributed by atoms with E-state index in [1.54, 1.807) is 0 Å². The first-order valence-electron chi connectivity index (χ1n) is 6.83. The number of nitrogens with two attached hydrogens (primary N) is 1. The van der Waals surface area contributed by atoms with Gasteiger partial charge in [-0.15, -0.1) is 0 Å². The summed E-state index contributed by atoms with van der Waals surface area (Å²) < 4.78 is 56.9. The summed E-state index contributed by atoms with van der Waals surface area (Å²) >= 11 is 0. The van der Waals surface area contributed by atoms with Crippen LogP contribution in [-0.4, -0.2) is 25.8 Å². The molecule has 1 saturated heterocycles. The molecule has 1 aliphatic rings. The van der Waals surface area contributed by atoms with E-state index in [0.717, 1.165) is 25.0 Å². The molecule has 3 nitrogen and oxygen atoms in total. The predicted octanol–water partition coefficient (Wildman–Crippen LogP) is 2.61. The van der Waals surface area contributed by atoms with Crippen molar-refractivity contribution >= 4 is 0 Å². The molecule has 21 heavy (non-hydrogen) atoms. The Labute approximate surface area is 120 Å². The Hall–Kier alpha value is -1.18. The zero-order valence-corrected chi connectivity index (χ0v) is 11.4. The van der Waals surface area contributed by atoms with Crippen LogP contribution in [0.4, 0.5) is 17.6 Å². The Morgan fingerprint density at radius 3 is 2.71 bits per heavy atom. The molecule has 118 valence electrons. The molecule has 1 aromatic carbocycles. The number of nitrogens with one attached hydrogen (secondary N) is 1. The van der Waals surface area contributed by atoms with Gasteiger partial charge in [-0.1, -0.05) is 6.07 Å². The number of alkyl halides is 3. The second kappa shape index (κ2) is 6.72. The number of hydrogen-bond donors (Lipinski definition) is 2. The summed E-state index contributed by atoms with van der Waals surface area (Å²) in [7, 11) is 0. The minimum atomic E-state index is -4.71. The average Bonchev–Trinajstić information content (AvgIpc) is 2.93. The normalized spacial score (nSPS) is 20.7. The lowest BCUT2D eigenvalue weighted by Gasteiger charge is -2.21. The molecule has 0 radical (unpaired) electrons. The Morgan fingerprint density at radius 2 is 2.14 bits per heavy atom. The van der Waals surface area contributed by atoms with Gasteiger partial charge in [-0.25, -0.2) is 4.39 Å². The number of benzene rings is 1. The standard InChI is InChI=1S/C14H18F4N2O/c15-12-4-3-9(6-11(12)14(16,17)18)13(7-19)20-8-10-2-1-5-21-10/h3-4,6,10,13,20H,1-2,5,7-8,19H2. The molecule has 1 fully saturated rings. The SMILES string of the molecule is NCC(NCC1CCCO1)c1ccc(F)c(C(F)(F)F)c1. The van der Waals surface area contributed by atoms with E-state index in [9.17, 15) is 17.6 Å². The van der Waals surface area contributed by atoms with Gasteiger partial charge in [0.1, 0.15) is 5.82 Å². The Kier molecular flexibility index (Phi) is 5.18. The van der Waals surface area contributed by atoms with Gasteiger partial charge in [0.05, 0.1) is 11.7 Å². The van der Waals surface area contributed by atoms with Crippen LogP contribution in [0.15, 0.2) is 18.2 Å². The van der Waals surface area contributed by atoms with Crippen LogP contribution in [0, 0.1) is 5.82 Å². The van der Waals surface area contributed by atoms with Crippen molar-refractivity contribution in [1.82, 2.24) is 5.32 Å². The molecular weight excluding hydrogens is 288 g/mol. The van der Waals surface area contributed by atoms with Crippen molar-refractivity contribution in [2.24, 2.45) is 5.73 Å². The molecule has 3 N–H and O–H groups in total. The van der Waals surface area contributed by atoms with Gasteiger partial charge >= 0.3 is 6.18 Å². The molecule has 0 aliphatic carbocycles. The van der Waals surface area contributed by atoms with Gasteiger partial charge in [0, 0.05) is 25.7 Å². The fraction of sp³-hybridized carbons (Fsp3) is 0.571. The van der Waals surface area contributed by atoms with E-state index in [-0.39, 0.29) is 12.6 Å². The third kappa shape index (κ3) is 4.15. The zero-order valence-electron chi connectivity index (χ0n) is 11.4. The highest BCUT2D eigenvalue weighted by Gasteiger charge is 2.34. The second-order valence-corrected chi connectivity index (χ2v) is 5.07. The van der Waals surface area contributed by atoms with E-state index in [0.29, 0.717) is 18.7 Å². The Bertz CT molecular complexity index is 473. The zero-order chi connectivity index (χ0) is 15.5. The van der Waals surface area contributed by atoms with E-state index >= 15 is 0 Å². The topological polar surface area (TPSA) is 47.3 Å². The third-order valence-electron chi connectivity index (χ3n) is 3.55. The molecule has 2 unspecified atom stereocenters. The second-order valence-electron chi connectivity index (χ2n) is 5.07. The number of ether oxygens (including phenoxy) is 1. The van der Waals surface area contributed by atoms with E-state index in [4.69, 9.17) is 10.5 Å². The van der Waals surface area contributed by atoms with Crippen LogP contribution in [0.25, 0.3) is 0 Å². The van der Waals surface area contributed by atoms with Crippen LogP contribution in [0.1, 0.15) is 30.0 Å². The Morgan fingerprint density at radius 1 is 1.38 bits per heavy atom. The molecule has 7 heteroatoms. The van der Waals surface area contributed by atoms with Crippen molar-refractivity contribution in [3.63, 3.8) is 0 Å². The highest BCUT2D eigenvalue weighted by molar-refractivity contribution is 5.29. The average molecular weight is 306 g/mol. The quantitative estimate of drug-likeness (QED) is 0.822. The van der Waals surface area contributed by atoms with Crippen molar-refractivity contribution in [3.05, 3.63) is 35.1 Å². The molecule has 0 spiro atoms. The van der Waals surface area contributed by atoms with Crippen molar-refractivity contribution in [2.45, 2.75) is 31.2 Å². The van der Waals surface area contributed by atoms with E-state index in [2.05, 4.69) is 5.32 Å². The molecular formula is C14H18F4N2O. The van der Waals surface area contributed by atoms with Crippen LogP contribution in [0.2, 0.25) is 0 Å². The molecule has 0 amide bonds. The van der Waals surface area contributed by atoms with Gasteiger partial charge in [-0.3, -0.25) is 0 Å². The summed E-state index contributed by atoms with van der Waals surface area (Å²) in [5, 5.41) is 3.09. The van der Waals surface area contributed by atoms with Crippen LogP contribution < -0.4 is 11.1 Å². The lowest BCUT2D eigenvalue weighted by molar-refractivity contribution is -0.140. The van der Waals surface area contributed by atoms with Crippen molar-refractivity contribution in [1.29, 1.82) is 0 Å². The fourth-order valence-electron chi connectivity index (χ4n) is 2.39. The first-order chi connectivity index (χ1) is 9.91. The maximum Gasteiger partial charge on any atom is 0.419 e. The largest absolute Gasteiger partial charge is 0.419 e. The highest BCUT2D eigenvalue weighted by Crippen LogP contribution is 2.33. The molecule has 0 saturated carbocycles. The lowest BCUT2D eigenvalue weighted by Crippen LogP contribution is -2.34. The molecule has 1 aromatic rings. The van der Waals surface area contributed by atoms with Crippen LogP contribution in [-0.2, 0) is 10.9 Å². The maximum absolute atomic E-state index is 13.3. The summed E-state index contributed by atoms with van der Waals surface area (Å²) in [6.45, 7) is 1.34. The summed E-state index contributed by atoms with van der Waals surface area (Å²) in [4.78, 5) is 0. The van der Waals surface area contributed by atoms with Gasteiger partial charge in [-0.2, -0.15) is 13.2 Å². The first-order valence-corrected chi connectivity index (χ1v) is 6.83. The van der Waals surface area contributed by atoms with Gasteiger partial charge in [0.15, 0.2) is 0 Å². The van der Waals surface area contributed by atoms with Crippen molar-refractivity contribution in [2.75, 3.05) is 19.7 Å². The summed E-state index contributed by atoms with van der Waals surface area (Å²) in [5.74, 6) is -1.28. The minimum absolute atomic E-state index is 0.0570. The van der Waals surface area contributed by atoms with Gasteiger partial charge < -0.3 is 15.8 Å². The van der Waals surface area contributed by atoms with E-state index in [1.807, 2.05) is 0 Å². The third-order valence-corrected chi connectivity index (χ3v) is 3.55. The fourth-order valence-corrected chi connectivity index (χ4v) is 2.39. The lowest BCUT2D eigenvalue weighted by atomic mass is 10.0. The molecule has 1 heterocycles. The van der Waals surface area contributed by atoms with Crippen LogP contribution >= 0.6 is 0 Å². The summed E-state index contributed by atoms with van der Waals surface area (Å²) in [6.07, 6.45) is -2.76. The summed E-state index contributed by atoms with van der Waals surface area (Å²) in [5.41, 5.74) is 4.67. The van der Waals surface area contributed by atoms with Gasteiger partial charge in [0.2, 0.25) is 0 Å². The minimum Gasteiger partial charge on any atom is -0.377 e. The monoisotopic (exact) mass is 306 g/mol. The molecule has 1 aliphatic heterocycles. The van der Waals surface area contributed by atoms with Gasteiger partial charge in [-0.05, 0) is 30.5 Å². The molecule has 2 atom stereocenters. The van der Waals surface area contributed by atoms with Crippen molar-refractivity contribution in [3.8, 4) is 0 Å². The molecule has 0 aromatic heterocycles. The summed E-state index contributed by atoms with van der Waals surface area (Å²) in [6, 6.07) is 2.50. The van der Waals surface area contributed by atoms with Crippen molar-refractivity contribution < 1.29 is 22.3 Å². The highest BCUT2D eigenvalue weighted by atomic mass is 19.4. The van der Waals surface area contributed by atoms with Crippen LogP contribution in [0.3, 0.4) is 0 Å². The maximum atomic E-state index is 13.3. The van der Waals surface area contributed by atoms with Crippen LogP contribution in [0.5, 0.6) is 0 Å². The Balaban J connectivity index is 2.10. The molecule has 0 bridgehead atoms. The van der Waals surface area contributed by atoms with E-state index < -0.39 is 23.6 Å². The molecule has 2 rings (SSSR count). The number of halogens is 4. The number of rotatable bonds is 5. The smallest absolute Gasteiger partial charge is 0.377 e. The first kappa shape index (κ1) is 16.2. The number of hydrogen-bond acceptors (Lipinski definition) is 3. The van der Waals surface area contributed by atoms with E-state index in [1.165, 1.54) is 6.07 Å². The van der Waals surface area contributed by atoms with Gasteiger partial charge in [0.25, 0.3) is 0 Å². The predicted molar refractivity (Wildman–Crippen MR) is 70.2 cm³/mol.